The number of pyridine rings is 1. The van der Waals surface area contributed by atoms with Gasteiger partial charge in [-0.15, -0.1) is 11.3 Å². The minimum atomic E-state index is -3.53. The van der Waals surface area contributed by atoms with E-state index < -0.39 is 21.8 Å². The van der Waals surface area contributed by atoms with E-state index in [1.165, 1.54) is 6.20 Å². The third kappa shape index (κ3) is 3.30. The molecule has 142 valence electrons. The molecule has 0 radical (unpaired) electrons. The van der Waals surface area contributed by atoms with Gasteiger partial charge in [0.1, 0.15) is 9.90 Å². The molecule has 0 N–H and O–H groups in total. The third-order valence-electron chi connectivity index (χ3n) is 4.84. The fourth-order valence-corrected chi connectivity index (χ4v) is 6.42. The Morgan fingerprint density at radius 1 is 1.00 bits per heavy atom. The van der Waals surface area contributed by atoms with Crippen LogP contribution in [0.4, 0.5) is 0 Å². The van der Waals surface area contributed by atoms with Gasteiger partial charge in [-0.3, -0.25) is 19.5 Å². The van der Waals surface area contributed by atoms with E-state index in [9.17, 15) is 18.0 Å². The Morgan fingerprint density at radius 3 is 2.44 bits per heavy atom. The Kier molecular flexibility index (Phi) is 4.83. The van der Waals surface area contributed by atoms with Gasteiger partial charge in [-0.1, -0.05) is 12.8 Å². The summed E-state index contributed by atoms with van der Waals surface area (Å²) < 4.78 is 27.6. The van der Waals surface area contributed by atoms with Crippen LogP contribution in [-0.4, -0.2) is 47.5 Å². The lowest BCUT2D eigenvalue weighted by Gasteiger charge is -2.18. The van der Waals surface area contributed by atoms with Crippen molar-refractivity contribution in [3.8, 4) is 0 Å². The van der Waals surface area contributed by atoms with Crippen molar-refractivity contribution < 1.29 is 18.0 Å². The molecule has 2 aliphatic rings. The van der Waals surface area contributed by atoms with Crippen LogP contribution in [0.1, 0.15) is 51.4 Å². The number of hydrogen-bond acceptors (Lipinski definition) is 6. The van der Waals surface area contributed by atoms with E-state index in [1.54, 1.807) is 28.6 Å². The van der Waals surface area contributed by atoms with Gasteiger partial charge in [0.2, 0.25) is 0 Å². The lowest BCUT2D eigenvalue weighted by Crippen LogP contribution is -2.31. The van der Waals surface area contributed by atoms with Gasteiger partial charge in [-0.05, 0) is 37.1 Å². The molecular formula is C18H19N3O4S2. The molecule has 0 aromatic carbocycles. The normalized spacial score (nSPS) is 18.6. The highest BCUT2D eigenvalue weighted by molar-refractivity contribution is 7.91. The van der Waals surface area contributed by atoms with Gasteiger partial charge < -0.3 is 0 Å². The monoisotopic (exact) mass is 405 g/mol. The standard InChI is InChI=1S/C18H19N3O4S2/c22-17-14-6-5-9-19-16(14)18(23)21(17)12-13-7-8-15(26-13)27(24,25)20-10-3-1-2-4-11-20/h5-9H,1-4,10-12H2. The highest BCUT2D eigenvalue weighted by Gasteiger charge is 2.37. The molecule has 9 heteroatoms. The molecule has 0 bridgehead atoms. The predicted molar refractivity (Wildman–Crippen MR) is 100.0 cm³/mol. The molecule has 0 aliphatic carbocycles. The van der Waals surface area contributed by atoms with Crippen LogP contribution in [-0.2, 0) is 16.6 Å². The zero-order valence-electron chi connectivity index (χ0n) is 14.6. The number of nitrogens with zero attached hydrogens (tertiary/aromatic N) is 3. The number of imide groups is 1. The Morgan fingerprint density at radius 2 is 1.74 bits per heavy atom. The zero-order chi connectivity index (χ0) is 19.0. The van der Waals surface area contributed by atoms with Crippen LogP contribution in [0.2, 0.25) is 0 Å². The lowest BCUT2D eigenvalue weighted by atomic mass is 10.2. The fourth-order valence-electron chi connectivity index (χ4n) is 3.40. The van der Waals surface area contributed by atoms with Crippen LogP contribution < -0.4 is 0 Å². The van der Waals surface area contributed by atoms with Crippen LogP contribution >= 0.6 is 11.3 Å². The van der Waals surface area contributed by atoms with E-state index in [0.717, 1.165) is 41.9 Å². The van der Waals surface area contributed by atoms with Crippen molar-refractivity contribution in [1.29, 1.82) is 0 Å². The van der Waals surface area contributed by atoms with Crippen LogP contribution in [0.5, 0.6) is 0 Å². The highest BCUT2D eigenvalue weighted by atomic mass is 32.2. The summed E-state index contributed by atoms with van der Waals surface area (Å²) >= 11 is 1.11. The van der Waals surface area contributed by atoms with Gasteiger partial charge in [-0.25, -0.2) is 8.42 Å². The number of thiophene rings is 1. The van der Waals surface area contributed by atoms with Gasteiger partial charge in [0.15, 0.2) is 0 Å². The van der Waals surface area contributed by atoms with Crippen molar-refractivity contribution in [2.24, 2.45) is 0 Å². The molecule has 2 aromatic heterocycles. The van der Waals surface area contributed by atoms with Crippen molar-refractivity contribution in [3.05, 3.63) is 46.6 Å². The van der Waals surface area contributed by atoms with E-state index in [2.05, 4.69) is 4.98 Å². The number of rotatable bonds is 4. The quantitative estimate of drug-likeness (QED) is 0.730. The molecule has 0 spiro atoms. The topological polar surface area (TPSA) is 87.6 Å². The number of amides is 2. The Labute approximate surface area is 161 Å². The molecule has 0 unspecified atom stereocenters. The van der Waals surface area contributed by atoms with Crippen LogP contribution in [0.25, 0.3) is 0 Å². The van der Waals surface area contributed by atoms with Gasteiger partial charge in [0.05, 0.1) is 12.1 Å². The van der Waals surface area contributed by atoms with E-state index in [4.69, 9.17) is 0 Å². The van der Waals surface area contributed by atoms with Gasteiger partial charge in [0.25, 0.3) is 21.8 Å². The van der Waals surface area contributed by atoms with E-state index in [0.29, 0.717) is 18.0 Å². The number of carbonyl (C=O) groups is 2. The Bertz CT molecular complexity index is 957. The first kappa shape index (κ1) is 18.3. The number of sulfonamides is 1. The molecule has 4 heterocycles. The fraction of sp³-hybridized carbons (Fsp3) is 0.389. The van der Waals surface area contributed by atoms with Gasteiger partial charge in [-0.2, -0.15) is 4.31 Å². The summed E-state index contributed by atoms with van der Waals surface area (Å²) in [6, 6.07) is 6.43. The van der Waals surface area contributed by atoms with E-state index in [-0.39, 0.29) is 22.0 Å². The molecule has 2 aliphatic heterocycles. The molecular weight excluding hydrogens is 386 g/mol. The number of aromatic nitrogens is 1. The molecule has 7 nitrogen and oxygen atoms in total. The third-order valence-corrected chi connectivity index (χ3v) is 8.28. The predicted octanol–water partition coefficient (Wildman–Crippen LogP) is 2.50. The maximum atomic E-state index is 12.9. The minimum absolute atomic E-state index is 0.0498. The van der Waals surface area contributed by atoms with Crippen molar-refractivity contribution in [3.63, 3.8) is 0 Å². The van der Waals surface area contributed by atoms with Crippen molar-refractivity contribution >= 4 is 33.2 Å². The number of fused-ring (bicyclic) bond motifs is 1. The van der Waals surface area contributed by atoms with E-state index in [1.807, 2.05) is 0 Å². The van der Waals surface area contributed by atoms with Gasteiger partial charge in [0, 0.05) is 24.2 Å². The Hall–Kier alpha value is -2.10. The molecule has 1 fully saturated rings. The van der Waals surface area contributed by atoms with Gasteiger partial charge >= 0.3 is 0 Å². The number of hydrogen-bond donors (Lipinski definition) is 0. The molecule has 1 saturated heterocycles. The Balaban J connectivity index is 1.54. The first-order valence-electron chi connectivity index (χ1n) is 8.88. The maximum absolute atomic E-state index is 12.9. The molecule has 0 saturated carbocycles. The smallest absolute Gasteiger partial charge is 0.268 e. The summed E-state index contributed by atoms with van der Waals surface area (Å²) in [6.45, 7) is 1.13. The average molecular weight is 406 g/mol. The highest BCUT2D eigenvalue weighted by Crippen LogP contribution is 2.29. The first-order chi connectivity index (χ1) is 13.0. The second kappa shape index (κ2) is 7.14. The summed E-state index contributed by atoms with van der Waals surface area (Å²) in [6.07, 6.45) is 5.33. The molecule has 27 heavy (non-hydrogen) atoms. The van der Waals surface area contributed by atoms with Crippen LogP contribution in [0.15, 0.2) is 34.7 Å². The summed E-state index contributed by atoms with van der Waals surface area (Å²) in [5, 5.41) is 0. The number of carbonyl (C=O) groups excluding carboxylic acids is 2. The second-order valence-corrected chi connectivity index (χ2v) is 9.97. The summed E-state index contributed by atoms with van der Waals surface area (Å²) in [7, 11) is -3.53. The van der Waals surface area contributed by atoms with Crippen molar-refractivity contribution in [1.82, 2.24) is 14.2 Å². The molecule has 2 amide bonds. The maximum Gasteiger partial charge on any atom is 0.280 e. The SMILES string of the molecule is O=C1c2cccnc2C(=O)N1Cc1ccc(S(=O)(=O)N2CCCCCC2)s1. The molecule has 0 atom stereocenters. The van der Waals surface area contributed by atoms with Crippen molar-refractivity contribution in [2.75, 3.05) is 13.1 Å². The minimum Gasteiger partial charge on any atom is -0.268 e. The molecule has 2 aromatic rings. The zero-order valence-corrected chi connectivity index (χ0v) is 16.3. The summed E-state index contributed by atoms with van der Waals surface area (Å²) in [5.41, 5.74) is 0.438. The van der Waals surface area contributed by atoms with E-state index >= 15 is 0 Å². The largest absolute Gasteiger partial charge is 0.280 e. The average Bonchev–Trinajstić information content (AvgIpc) is 3.09. The van der Waals surface area contributed by atoms with Crippen LogP contribution in [0, 0.1) is 0 Å². The van der Waals surface area contributed by atoms with Crippen molar-refractivity contribution in [2.45, 2.75) is 36.4 Å². The first-order valence-corrected chi connectivity index (χ1v) is 11.1. The lowest BCUT2D eigenvalue weighted by molar-refractivity contribution is 0.0642. The second-order valence-electron chi connectivity index (χ2n) is 6.64. The van der Waals surface area contributed by atoms with Crippen LogP contribution in [0.3, 0.4) is 0 Å². The summed E-state index contributed by atoms with van der Waals surface area (Å²) in [5.74, 6) is -0.839. The molecule has 4 rings (SSSR count). The summed E-state index contributed by atoms with van der Waals surface area (Å²) in [4.78, 5) is 30.6.